The van der Waals surface area contributed by atoms with Crippen LogP contribution in [0.2, 0.25) is 0 Å². The van der Waals surface area contributed by atoms with E-state index in [9.17, 15) is 0 Å². The van der Waals surface area contributed by atoms with E-state index in [4.69, 9.17) is 9.47 Å². The molecule has 0 atom stereocenters. The van der Waals surface area contributed by atoms with Crippen molar-refractivity contribution in [3.63, 3.8) is 0 Å². The number of rotatable bonds is 8. The zero-order valence-electron chi connectivity index (χ0n) is 17.2. The molecule has 1 heterocycles. The number of methoxy groups -OCH3 is 1. The van der Waals surface area contributed by atoms with Gasteiger partial charge in [-0.15, -0.1) is 0 Å². The first-order valence-electron chi connectivity index (χ1n) is 9.11. The van der Waals surface area contributed by atoms with Crippen molar-refractivity contribution in [1.29, 1.82) is 0 Å². The smallest absolute Gasteiger partial charge is 0.191 e. The maximum Gasteiger partial charge on any atom is 0.191 e. The van der Waals surface area contributed by atoms with Crippen molar-refractivity contribution in [3.8, 4) is 5.75 Å². The van der Waals surface area contributed by atoms with Crippen LogP contribution in [0.15, 0.2) is 23.2 Å². The third-order valence-corrected chi connectivity index (χ3v) is 4.53. The van der Waals surface area contributed by atoms with E-state index in [1.807, 2.05) is 24.7 Å². The van der Waals surface area contributed by atoms with E-state index in [-0.39, 0.29) is 0 Å². The van der Waals surface area contributed by atoms with Gasteiger partial charge in [-0.2, -0.15) is 5.10 Å². The maximum atomic E-state index is 5.85. The van der Waals surface area contributed by atoms with Crippen molar-refractivity contribution in [2.45, 2.75) is 33.9 Å². The summed E-state index contributed by atoms with van der Waals surface area (Å²) in [7, 11) is 5.40. The Labute approximate surface area is 161 Å². The van der Waals surface area contributed by atoms with Crippen LogP contribution in [0.1, 0.15) is 28.1 Å². The monoisotopic (exact) mass is 373 g/mol. The van der Waals surface area contributed by atoms with Crippen LogP contribution in [0.3, 0.4) is 0 Å². The summed E-state index contributed by atoms with van der Waals surface area (Å²) in [4.78, 5) is 4.31. The van der Waals surface area contributed by atoms with Gasteiger partial charge in [0.25, 0.3) is 0 Å². The second kappa shape index (κ2) is 9.97. The summed E-state index contributed by atoms with van der Waals surface area (Å²) in [6.07, 6.45) is 0. The minimum absolute atomic E-state index is 0.527. The highest BCUT2D eigenvalue weighted by molar-refractivity contribution is 5.79. The second-order valence-corrected chi connectivity index (χ2v) is 6.50. The molecule has 0 unspecified atom stereocenters. The highest BCUT2D eigenvalue weighted by Crippen LogP contribution is 2.20. The van der Waals surface area contributed by atoms with Gasteiger partial charge in [0.2, 0.25) is 0 Å². The minimum Gasteiger partial charge on any atom is -0.491 e. The number of nitrogens with one attached hydrogen (secondary N) is 2. The van der Waals surface area contributed by atoms with Gasteiger partial charge in [0.1, 0.15) is 12.4 Å². The highest BCUT2D eigenvalue weighted by Gasteiger charge is 2.10. The van der Waals surface area contributed by atoms with Gasteiger partial charge < -0.3 is 20.1 Å². The van der Waals surface area contributed by atoms with Crippen LogP contribution in [-0.2, 0) is 24.9 Å². The number of aryl methyl sites for hydroxylation is 3. The minimum atomic E-state index is 0.527. The van der Waals surface area contributed by atoms with E-state index in [1.165, 1.54) is 5.56 Å². The number of nitrogens with zero attached hydrogens (tertiary/aromatic N) is 3. The van der Waals surface area contributed by atoms with E-state index in [0.717, 1.165) is 34.2 Å². The van der Waals surface area contributed by atoms with E-state index in [1.54, 1.807) is 14.2 Å². The molecule has 0 amide bonds. The van der Waals surface area contributed by atoms with E-state index >= 15 is 0 Å². The fourth-order valence-corrected chi connectivity index (χ4v) is 2.82. The van der Waals surface area contributed by atoms with E-state index in [0.29, 0.717) is 26.3 Å². The Morgan fingerprint density at radius 2 is 1.89 bits per heavy atom. The van der Waals surface area contributed by atoms with Gasteiger partial charge in [-0.1, -0.05) is 12.1 Å². The molecule has 0 aliphatic carbocycles. The molecule has 0 aliphatic rings. The lowest BCUT2D eigenvalue weighted by Gasteiger charge is -2.15. The van der Waals surface area contributed by atoms with Crippen LogP contribution in [0.4, 0.5) is 0 Å². The van der Waals surface area contributed by atoms with Crippen LogP contribution in [0.5, 0.6) is 5.75 Å². The molecular formula is C20H31N5O2. The molecule has 27 heavy (non-hydrogen) atoms. The number of benzene rings is 1. The van der Waals surface area contributed by atoms with Crippen molar-refractivity contribution in [1.82, 2.24) is 20.4 Å². The summed E-state index contributed by atoms with van der Waals surface area (Å²) >= 11 is 0. The third kappa shape index (κ3) is 5.72. The average Bonchev–Trinajstić information content (AvgIpc) is 2.89. The molecule has 0 spiro atoms. The summed E-state index contributed by atoms with van der Waals surface area (Å²) < 4.78 is 12.8. The Morgan fingerprint density at radius 1 is 1.15 bits per heavy atom. The number of aliphatic imine (C=N–C) groups is 1. The lowest BCUT2D eigenvalue weighted by molar-refractivity contribution is 0.145. The van der Waals surface area contributed by atoms with Crippen molar-refractivity contribution in [3.05, 3.63) is 46.3 Å². The van der Waals surface area contributed by atoms with Crippen LogP contribution in [-0.4, -0.2) is 43.1 Å². The van der Waals surface area contributed by atoms with Crippen LogP contribution in [0, 0.1) is 20.8 Å². The lowest BCUT2D eigenvalue weighted by atomic mass is 10.1. The molecule has 148 valence electrons. The fourth-order valence-electron chi connectivity index (χ4n) is 2.82. The second-order valence-electron chi connectivity index (χ2n) is 6.50. The van der Waals surface area contributed by atoms with Gasteiger partial charge in [-0.05, 0) is 32.4 Å². The molecule has 7 nitrogen and oxygen atoms in total. The van der Waals surface area contributed by atoms with Gasteiger partial charge in [0.15, 0.2) is 5.96 Å². The van der Waals surface area contributed by atoms with Crippen molar-refractivity contribution in [2.75, 3.05) is 27.4 Å². The van der Waals surface area contributed by atoms with Gasteiger partial charge >= 0.3 is 0 Å². The first-order valence-corrected chi connectivity index (χ1v) is 9.11. The summed E-state index contributed by atoms with van der Waals surface area (Å²) in [6, 6.07) is 6.21. The zero-order valence-corrected chi connectivity index (χ0v) is 17.2. The standard InChI is InChI=1S/C20H31N5O2/c1-14-7-8-17(19(11-14)27-10-9-26-6)12-22-20(21-4)23-13-18-15(2)24-25(5)16(18)3/h7-8,11H,9-10,12-13H2,1-6H3,(H2,21,22,23). The van der Waals surface area contributed by atoms with Gasteiger partial charge in [0, 0.05) is 51.1 Å². The molecule has 2 rings (SSSR count). The zero-order chi connectivity index (χ0) is 19.8. The maximum absolute atomic E-state index is 5.85. The molecular weight excluding hydrogens is 342 g/mol. The molecule has 0 saturated heterocycles. The average molecular weight is 374 g/mol. The number of ether oxygens (including phenoxy) is 2. The predicted molar refractivity (Wildman–Crippen MR) is 108 cm³/mol. The summed E-state index contributed by atoms with van der Waals surface area (Å²) in [6.45, 7) is 8.54. The Hall–Kier alpha value is -2.54. The molecule has 1 aromatic carbocycles. The highest BCUT2D eigenvalue weighted by atomic mass is 16.5. The Morgan fingerprint density at radius 3 is 2.52 bits per heavy atom. The molecule has 2 aromatic rings. The Kier molecular flexibility index (Phi) is 7.67. The quantitative estimate of drug-likeness (QED) is 0.422. The molecule has 2 N–H and O–H groups in total. The van der Waals surface area contributed by atoms with Crippen molar-refractivity contribution < 1.29 is 9.47 Å². The SMILES string of the molecule is CN=C(NCc1ccc(C)cc1OCCOC)NCc1c(C)nn(C)c1C. The molecule has 0 fully saturated rings. The normalized spacial score (nSPS) is 11.6. The van der Waals surface area contributed by atoms with Gasteiger partial charge in [-0.25, -0.2) is 0 Å². The first-order chi connectivity index (χ1) is 13.0. The Balaban J connectivity index is 1.97. The van der Waals surface area contributed by atoms with Gasteiger partial charge in [0.05, 0.1) is 12.3 Å². The van der Waals surface area contributed by atoms with Crippen molar-refractivity contribution >= 4 is 5.96 Å². The summed E-state index contributed by atoms with van der Waals surface area (Å²) in [5.41, 5.74) is 5.62. The Bertz CT molecular complexity index is 783. The molecule has 0 aliphatic heterocycles. The van der Waals surface area contributed by atoms with E-state index in [2.05, 4.69) is 46.7 Å². The topological polar surface area (TPSA) is 72.7 Å². The third-order valence-electron chi connectivity index (χ3n) is 4.53. The molecule has 7 heteroatoms. The summed E-state index contributed by atoms with van der Waals surface area (Å²) in [5, 5.41) is 11.2. The number of guanidine groups is 1. The van der Waals surface area contributed by atoms with Gasteiger partial charge in [-0.3, -0.25) is 9.67 Å². The number of hydrogen-bond donors (Lipinski definition) is 2. The summed E-state index contributed by atoms with van der Waals surface area (Å²) in [5.74, 6) is 1.61. The lowest BCUT2D eigenvalue weighted by Crippen LogP contribution is -2.36. The van der Waals surface area contributed by atoms with Crippen LogP contribution >= 0.6 is 0 Å². The predicted octanol–water partition coefficient (Wildman–Crippen LogP) is 2.24. The number of aromatic nitrogens is 2. The van der Waals surface area contributed by atoms with Crippen LogP contribution in [0.25, 0.3) is 0 Å². The van der Waals surface area contributed by atoms with Crippen LogP contribution < -0.4 is 15.4 Å². The van der Waals surface area contributed by atoms with E-state index < -0.39 is 0 Å². The number of hydrogen-bond acceptors (Lipinski definition) is 4. The largest absolute Gasteiger partial charge is 0.491 e. The fraction of sp³-hybridized carbons (Fsp3) is 0.500. The molecule has 0 saturated carbocycles. The molecule has 0 bridgehead atoms. The first kappa shape index (κ1) is 20.8. The molecule has 1 aromatic heterocycles. The van der Waals surface area contributed by atoms with Crippen molar-refractivity contribution in [2.24, 2.45) is 12.0 Å². The molecule has 0 radical (unpaired) electrons.